The fraction of sp³-hybridized carbons (Fsp3) is 0.719. The Labute approximate surface area is 260 Å². The lowest BCUT2D eigenvalue weighted by atomic mass is 9.91. The summed E-state index contributed by atoms with van der Waals surface area (Å²) >= 11 is 3.32. The van der Waals surface area contributed by atoms with Gasteiger partial charge >= 0.3 is 6.09 Å². The lowest BCUT2D eigenvalue weighted by molar-refractivity contribution is -0.131. The van der Waals surface area contributed by atoms with Gasteiger partial charge in [0.15, 0.2) is 0 Å². The second-order valence-electron chi connectivity index (χ2n) is 13.0. The number of ether oxygens (including phenoxy) is 1. The van der Waals surface area contributed by atoms with E-state index in [0.29, 0.717) is 17.4 Å². The summed E-state index contributed by atoms with van der Waals surface area (Å²) in [6.45, 7) is 10.2. The molecule has 2 saturated heterocycles. The predicted molar refractivity (Wildman–Crippen MR) is 172 cm³/mol. The van der Waals surface area contributed by atoms with E-state index in [-0.39, 0.29) is 23.2 Å². The quantitative estimate of drug-likeness (QED) is 0.370. The lowest BCUT2D eigenvalue weighted by Crippen LogP contribution is -2.57. The van der Waals surface area contributed by atoms with Gasteiger partial charge in [-0.15, -0.1) is 11.8 Å². The highest BCUT2D eigenvalue weighted by Crippen LogP contribution is 2.31. The Morgan fingerprint density at radius 1 is 1.05 bits per heavy atom. The molecule has 8 nitrogen and oxygen atoms in total. The minimum absolute atomic E-state index is 0.0904. The molecule has 1 saturated carbocycles. The second-order valence-corrected chi connectivity index (χ2v) is 15.4. The minimum Gasteiger partial charge on any atom is -0.444 e. The highest BCUT2D eigenvalue weighted by molar-refractivity contribution is 8.00. The molecule has 1 aromatic carbocycles. The van der Waals surface area contributed by atoms with E-state index in [0.717, 1.165) is 38.2 Å². The zero-order valence-corrected chi connectivity index (χ0v) is 27.4. The Kier molecular flexibility index (Phi) is 12.3. The number of hydrogen-bond acceptors (Lipinski definition) is 7. The van der Waals surface area contributed by atoms with Gasteiger partial charge in [0.2, 0.25) is 11.8 Å². The SMILES string of the molecule is CC1SC[C@@H](C(=O)N[C@@H](CSCC2CCCCC2)C(=O)NC2CCN(Cc3ccccc3)CC2)N1C(=O)OC(C)(C)C. The van der Waals surface area contributed by atoms with Crippen LogP contribution in [0, 0.1) is 5.92 Å². The van der Waals surface area contributed by atoms with Crippen LogP contribution in [0.1, 0.15) is 78.2 Å². The molecule has 2 N–H and O–H groups in total. The molecule has 10 heteroatoms. The molecule has 2 heterocycles. The Morgan fingerprint density at radius 2 is 1.74 bits per heavy atom. The maximum atomic E-state index is 13.6. The van der Waals surface area contributed by atoms with E-state index in [1.165, 1.54) is 42.6 Å². The molecule has 0 spiro atoms. The van der Waals surface area contributed by atoms with Crippen molar-refractivity contribution in [1.82, 2.24) is 20.4 Å². The van der Waals surface area contributed by atoms with Crippen LogP contribution in [0.2, 0.25) is 0 Å². The number of carbonyl (C=O) groups excluding carboxylic acids is 3. The summed E-state index contributed by atoms with van der Waals surface area (Å²) in [6.07, 6.45) is 7.67. The van der Waals surface area contributed by atoms with Gasteiger partial charge in [0.1, 0.15) is 17.7 Å². The number of nitrogens with zero attached hydrogens (tertiary/aromatic N) is 2. The van der Waals surface area contributed by atoms with Crippen LogP contribution in [-0.2, 0) is 20.9 Å². The number of rotatable bonds is 10. The molecule has 3 fully saturated rings. The third-order valence-electron chi connectivity index (χ3n) is 8.31. The molecule has 4 rings (SSSR count). The van der Waals surface area contributed by atoms with Crippen molar-refractivity contribution in [1.29, 1.82) is 0 Å². The van der Waals surface area contributed by atoms with Crippen molar-refractivity contribution in [3.05, 3.63) is 35.9 Å². The molecular weight excluding hydrogens is 569 g/mol. The summed E-state index contributed by atoms with van der Waals surface area (Å²) in [7, 11) is 0. The van der Waals surface area contributed by atoms with Crippen molar-refractivity contribution in [2.24, 2.45) is 5.92 Å². The molecule has 3 aliphatic rings. The van der Waals surface area contributed by atoms with E-state index in [4.69, 9.17) is 4.74 Å². The summed E-state index contributed by atoms with van der Waals surface area (Å²) in [5, 5.41) is 6.13. The standard InChI is InChI=1S/C32H50N4O4S2/c1-23-36(31(39)40-32(2,3)4)28(22-42-23)30(38)34-27(21-41-20-25-13-9-6-10-14-25)29(37)33-26-15-17-35(18-16-26)19-24-11-7-5-8-12-24/h5,7-8,11-12,23,25-28H,6,9-10,13-22H2,1-4H3,(H,33,37)(H,34,38)/t23?,27-,28-/m0/s1. The van der Waals surface area contributed by atoms with E-state index in [1.807, 2.05) is 33.8 Å². The summed E-state index contributed by atoms with van der Waals surface area (Å²) in [6, 6.07) is 9.26. The van der Waals surface area contributed by atoms with Crippen molar-refractivity contribution in [2.75, 3.05) is 30.3 Å². The number of carbonyl (C=O) groups is 3. The fourth-order valence-electron chi connectivity index (χ4n) is 5.97. The zero-order chi connectivity index (χ0) is 30.1. The number of likely N-dealkylation sites (tertiary alicyclic amines) is 1. The van der Waals surface area contributed by atoms with Crippen LogP contribution in [0.3, 0.4) is 0 Å². The molecular formula is C32H50N4O4S2. The lowest BCUT2D eigenvalue weighted by Gasteiger charge is -2.33. The van der Waals surface area contributed by atoms with Gasteiger partial charge < -0.3 is 15.4 Å². The van der Waals surface area contributed by atoms with E-state index in [9.17, 15) is 14.4 Å². The maximum Gasteiger partial charge on any atom is 0.411 e. The van der Waals surface area contributed by atoms with Crippen molar-refractivity contribution in [2.45, 2.75) is 108 Å². The smallest absolute Gasteiger partial charge is 0.411 e. The van der Waals surface area contributed by atoms with Gasteiger partial charge in [-0.3, -0.25) is 19.4 Å². The first-order valence-corrected chi connectivity index (χ1v) is 17.9. The maximum absolute atomic E-state index is 13.6. The van der Waals surface area contributed by atoms with Crippen molar-refractivity contribution < 1.29 is 19.1 Å². The van der Waals surface area contributed by atoms with Gasteiger partial charge in [0, 0.05) is 37.2 Å². The molecule has 2 aliphatic heterocycles. The Balaban J connectivity index is 1.34. The summed E-state index contributed by atoms with van der Waals surface area (Å²) < 4.78 is 5.61. The molecule has 3 atom stereocenters. The van der Waals surface area contributed by atoms with Crippen LogP contribution >= 0.6 is 23.5 Å². The van der Waals surface area contributed by atoms with Crippen molar-refractivity contribution in [3.63, 3.8) is 0 Å². The molecule has 0 aromatic heterocycles. The van der Waals surface area contributed by atoms with E-state index >= 15 is 0 Å². The second kappa shape index (κ2) is 15.7. The van der Waals surface area contributed by atoms with E-state index < -0.39 is 23.8 Å². The van der Waals surface area contributed by atoms with Gasteiger partial charge in [-0.1, -0.05) is 49.6 Å². The van der Waals surface area contributed by atoms with Crippen LogP contribution in [0.4, 0.5) is 4.79 Å². The zero-order valence-electron chi connectivity index (χ0n) is 25.8. The van der Waals surface area contributed by atoms with E-state index in [1.54, 1.807) is 23.5 Å². The molecule has 1 unspecified atom stereocenters. The van der Waals surface area contributed by atoms with Crippen LogP contribution < -0.4 is 10.6 Å². The summed E-state index contributed by atoms with van der Waals surface area (Å²) in [5.41, 5.74) is 0.650. The molecule has 3 amide bonds. The van der Waals surface area contributed by atoms with Crippen LogP contribution in [0.15, 0.2) is 30.3 Å². The first-order chi connectivity index (χ1) is 20.1. The third-order valence-corrected chi connectivity index (χ3v) is 10.8. The largest absolute Gasteiger partial charge is 0.444 e. The topological polar surface area (TPSA) is 91.0 Å². The van der Waals surface area contributed by atoms with Gasteiger partial charge in [-0.25, -0.2) is 4.79 Å². The van der Waals surface area contributed by atoms with Gasteiger partial charge in [0.05, 0.1) is 5.37 Å². The average Bonchev–Trinajstić information content (AvgIpc) is 3.35. The van der Waals surface area contributed by atoms with Gasteiger partial charge in [-0.2, -0.15) is 11.8 Å². The Hall–Kier alpha value is -1.91. The third kappa shape index (κ3) is 10.1. The highest BCUT2D eigenvalue weighted by Gasteiger charge is 2.42. The number of hydrogen-bond donors (Lipinski definition) is 2. The monoisotopic (exact) mass is 618 g/mol. The van der Waals surface area contributed by atoms with Gasteiger partial charge in [0.25, 0.3) is 0 Å². The molecule has 1 aromatic rings. The minimum atomic E-state index is -0.667. The summed E-state index contributed by atoms with van der Waals surface area (Å²) in [5.74, 6) is 2.31. The molecule has 42 heavy (non-hydrogen) atoms. The van der Waals surface area contributed by atoms with Gasteiger partial charge in [-0.05, 0) is 70.6 Å². The molecule has 0 radical (unpaired) electrons. The number of nitrogens with one attached hydrogen (secondary N) is 2. The van der Waals surface area contributed by atoms with Crippen LogP contribution in [0.5, 0.6) is 0 Å². The molecule has 0 bridgehead atoms. The average molecular weight is 619 g/mol. The summed E-state index contributed by atoms with van der Waals surface area (Å²) in [4.78, 5) is 44.1. The van der Waals surface area contributed by atoms with Crippen molar-refractivity contribution >= 4 is 41.4 Å². The predicted octanol–water partition coefficient (Wildman–Crippen LogP) is 5.26. The van der Waals surface area contributed by atoms with E-state index in [2.05, 4.69) is 39.8 Å². The fourth-order valence-corrected chi connectivity index (χ4v) is 8.41. The van der Waals surface area contributed by atoms with Crippen molar-refractivity contribution in [3.8, 4) is 0 Å². The molecule has 234 valence electrons. The normalized spacial score (nSPS) is 23.4. The molecule has 1 aliphatic carbocycles. The van der Waals surface area contributed by atoms with Crippen LogP contribution in [-0.4, -0.2) is 87.2 Å². The first-order valence-electron chi connectivity index (χ1n) is 15.7. The number of piperidine rings is 1. The number of benzene rings is 1. The highest BCUT2D eigenvalue weighted by atomic mass is 32.2. The van der Waals surface area contributed by atoms with Crippen LogP contribution in [0.25, 0.3) is 0 Å². The Morgan fingerprint density at radius 3 is 2.40 bits per heavy atom. The Bertz CT molecular complexity index is 1020. The number of amides is 3. The first kappa shape index (κ1) is 33.0. The number of thioether (sulfide) groups is 2.